The summed E-state index contributed by atoms with van der Waals surface area (Å²) >= 11 is 12.1. The fourth-order valence-electron chi connectivity index (χ4n) is 4.17. The van der Waals surface area contributed by atoms with Gasteiger partial charge in [0.05, 0.1) is 5.02 Å². The fraction of sp³-hybridized carbons (Fsp3) is 0.462. The Morgan fingerprint density at radius 2 is 1.79 bits per heavy atom. The molecule has 178 valence electrons. The minimum Gasteiger partial charge on any atom is -0.482 e. The van der Waals surface area contributed by atoms with Crippen LogP contribution in [0.3, 0.4) is 0 Å². The molecular formula is C26H32Cl2N2O3. The highest BCUT2D eigenvalue weighted by Gasteiger charge is 2.30. The second-order valence-corrected chi connectivity index (χ2v) is 9.48. The molecule has 7 heteroatoms. The van der Waals surface area contributed by atoms with Gasteiger partial charge in [-0.3, -0.25) is 9.59 Å². The van der Waals surface area contributed by atoms with Crippen molar-refractivity contribution in [3.63, 3.8) is 0 Å². The van der Waals surface area contributed by atoms with Crippen molar-refractivity contribution < 1.29 is 14.3 Å². The number of amides is 2. The maximum absolute atomic E-state index is 13.3. The van der Waals surface area contributed by atoms with Crippen LogP contribution < -0.4 is 10.1 Å². The van der Waals surface area contributed by atoms with Crippen LogP contribution >= 0.6 is 23.2 Å². The van der Waals surface area contributed by atoms with Gasteiger partial charge in [-0.15, -0.1) is 0 Å². The quantitative estimate of drug-likeness (QED) is 0.473. The van der Waals surface area contributed by atoms with Crippen LogP contribution in [0.4, 0.5) is 0 Å². The van der Waals surface area contributed by atoms with E-state index in [-0.39, 0.29) is 24.5 Å². The topological polar surface area (TPSA) is 58.6 Å². The SMILES string of the molecule is CCC(C(=O)NC1CCCCC1)N(Cc1ccc(C)cc1)C(=O)COc1ccc(Cl)cc1Cl. The van der Waals surface area contributed by atoms with E-state index < -0.39 is 6.04 Å². The van der Waals surface area contributed by atoms with Gasteiger partial charge in [0.2, 0.25) is 5.91 Å². The lowest BCUT2D eigenvalue weighted by Gasteiger charge is -2.32. The van der Waals surface area contributed by atoms with Gasteiger partial charge < -0.3 is 15.0 Å². The van der Waals surface area contributed by atoms with E-state index in [9.17, 15) is 9.59 Å². The van der Waals surface area contributed by atoms with Crippen LogP contribution in [-0.4, -0.2) is 35.4 Å². The third-order valence-corrected chi connectivity index (χ3v) is 6.59. The van der Waals surface area contributed by atoms with E-state index in [0.29, 0.717) is 28.8 Å². The molecule has 0 bridgehead atoms. The molecule has 5 nitrogen and oxygen atoms in total. The van der Waals surface area contributed by atoms with E-state index >= 15 is 0 Å². The zero-order valence-electron chi connectivity index (χ0n) is 19.3. The van der Waals surface area contributed by atoms with Gasteiger partial charge in [0, 0.05) is 17.6 Å². The first-order valence-electron chi connectivity index (χ1n) is 11.6. The van der Waals surface area contributed by atoms with E-state index in [1.54, 1.807) is 23.1 Å². The molecule has 0 radical (unpaired) electrons. The first-order chi connectivity index (χ1) is 15.9. The van der Waals surface area contributed by atoms with Gasteiger partial charge in [-0.2, -0.15) is 0 Å². The Balaban J connectivity index is 1.76. The Morgan fingerprint density at radius 1 is 1.09 bits per heavy atom. The van der Waals surface area contributed by atoms with Gasteiger partial charge in [-0.1, -0.05) is 79.2 Å². The van der Waals surface area contributed by atoms with Crippen LogP contribution in [0.15, 0.2) is 42.5 Å². The lowest BCUT2D eigenvalue weighted by molar-refractivity contribution is -0.143. The molecule has 0 saturated heterocycles. The normalized spacial score (nSPS) is 15.0. The Kier molecular flexibility index (Phi) is 9.45. The summed E-state index contributed by atoms with van der Waals surface area (Å²) in [5, 5.41) is 4.01. The van der Waals surface area contributed by atoms with Crippen molar-refractivity contribution in [3.05, 3.63) is 63.6 Å². The van der Waals surface area contributed by atoms with Gasteiger partial charge in [-0.05, 0) is 49.9 Å². The monoisotopic (exact) mass is 490 g/mol. The second-order valence-electron chi connectivity index (χ2n) is 8.64. The second kappa shape index (κ2) is 12.3. The summed E-state index contributed by atoms with van der Waals surface area (Å²) in [5.41, 5.74) is 2.10. The Morgan fingerprint density at radius 3 is 2.42 bits per heavy atom. The lowest BCUT2D eigenvalue weighted by Crippen LogP contribution is -2.52. The summed E-state index contributed by atoms with van der Waals surface area (Å²) in [6, 6.07) is 12.4. The number of benzene rings is 2. The average molecular weight is 491 g/mol. The highest BCUT2D eigenvalue weighted by Crippen LogP contribution is 2.27. The molecule has 1 saturated carbocycles. The van der Waals surface area contributed by atoms with Crippen molar-refractivity contribution in [2.45, 2.75) is 71.0 Å². The van der Waals surface area contributed by atoms with Crippen molar-refractivity contribution in [2.75, 3.05) is 6.61 Å². The molecule has 2 aromatic rings. The van der Waals surface area contributed by atoms with Crippen LogP contribution in [0.2, 0.25) is 10.0 Å². The van der Waals surface area contributed by atoms with Gasteiger partial charge in [0.15, 0.2) is 6.61 Å². The van der Waals surface area contributed by atoms with Crippen molar-refractivity contribution >= 4 is 35.0 Å². The van der Waals surface area contributed by atoms with Crippen molar-refractivity contribution in [1.82, 2.24) is 10.2 Å². The third-order valence-electron chi connectivity index (χ3n) is 6.06. The van der Waals surface area contributed by atoms with Gasteiger partial charge in [0.1, 0.15) is 11.8 Å². The largest absolute Gasteiger partial charge is 0.482 e. The van der Waals surface area contributed by atoms with E-state index in [4.69, 9.17) is 27.9 Å². The predicted octanol–water partition coefficient (Wildman–Crippen LogP) is 5.94. The summed E-state index contributed by atoms with van der Waals surface area (Å²) in [5.74, 6) is 0.00558. The number of hydrogen-bond acceptors (Lipinski definition) is 3. The summed E-state index contributed by atoms with van der Waals surface area (Å²) < 4.78 is 5.70. The van der Waals surface area contributed by atoms with Crippen molar-refractivity contribution in [3.8, 4) is 5.75 Å². The van der Waals surface area contributed by atoms with Gasteiger partial charge >= 0.3 is 0 Å². The van der Waals surface area contributed by atoms with Gasteiger partial charge in [0.25, 0.3) is 5.91 Å². The number of ether oxygens (including phenoxy) is 1. The first-order valence-corrected chi connectivity index (χ1v) is 12.4. The number of nitrogens with zero attached hydrogens (tertiary/aromatic N) is 1. The number of carbonyl (C=O) groups excluding carboxylic acids is 2. The van der Waals surface area contributed by atoms with E-state index in [1.807, 2.05) is 38.1 Å². The number of aryl methyl sites for hydroxylation is 1. The van der Waals surface area contributed by atoms with Crippen LogP contribution in [0.5, 0.6) is 5.75 Å². The molecule has 3 rings (SSSR count). The maximum atomic E-state index is 13.3. The van der Waals surface area contributed by atoms with Crippen molar-refractivity contribution in [1.29, 1.82) is 0 Å². The lowest BCUT2D eigenvalue weighted by atomic mass is 9.95. The molecule has 2 amide bonds. The van der Waals surface area contributed by atoms with E-state index in [0.717, 1.165) is 36.8 Å². The number of nitrogens with one attached hydrogen (secondary N) is 1. The Hall–Kier alpha value is -2.24. The zero-order valence-corrected chi connectivity index (χ0v) is 20.8. The van der Waals surface area contributed by atoms with Crippen LogP contribution in [0.25, 0.3) is 0 Å². The molecule has 1 unspecified atom stereocenters. The Bertz CT molecular complexity index is 943. The molecule has 1 N–H and O–H groups in total. The molecule has 0 aromatic heterocycles. The molecule has 33 heavy (non-hydrogen) atoms. The number of hydrogen-bond donors (Lipinski definition) is 1. The van der Waals surface area contributed by atoms with Gasteiger partial charge in [-0.25, -0.2) is 0 Å². The standard InChI is InChI=1S/C26H32Cl2N2O3/c1-3-23(26(32)29-21-7-5-4-6-8-21)30(16-19-11-9-18(2)10-12-19)25(31)17-33-24-14-13-20(27)15-22(24)28/h9-15,21,23H,3-8,16-17H2,1-2H3,(H,29,32). The highest BCUT2D eigenvalue weighted by atomic mass is 35.5. The summed E-state index contributed by atoms with van der Waals surface area (Å²) in [7, 11) is 0. The predicted molar refractivity (Wildman–Crippen MR) is 133 cm³/mol. The minimum absolute atomic E-state index is 0.102. The third kappa shape index (κ3) is 7.38. The highest BCUT2D eigenvalue weighted by molar-refractivity contribution is 6.35. The smallest absolute Gasteiger partial charge is 0.261 e. The van der Waals surface area contributed by atoms with E-state index in [1.165, 1.54) is 6.42 Å². The van der Waals surface area contributed by atoms with Crippen LogP contribution in [0, 0.1) is 6.92 Å². The average Bonchev–Trinajstić information content (AvgIpc) is 2.80. The molecule has 0 spiro atoms. The summed E-state index contributed by atoms with van der Waals surface area (Å²) in [6.45, 7) is 4.05. The van der Waals surface area contributed by atoms with Crippen molar-refractivity contribution in [2.24, 2.45) is 0 Å². The minimum atomic E-state index is -0.579. The molecule has 0 heterocycles. The Labute approximate surface area is 206 Å². The molecule has 1 aliphatic rings. The number of halogens is 2. The molecule has 1 atom stereocenters. The van der Waals surface area contributed by atoms with Crippen LogP contribution in [0.1, 0.15) is 56.6 Å². The summed E-state index contributed by atoms with van der Waals surface area (Å²) in [6.07, 6.45) is 5.97. The summed E-state index contributed by atoms with van der Waals surface area (Å²) in [4.78, 5) is 28.1. The van der Waals surface area contributed by atoms with E-state index in [2.05, 4.69) is 5.32 Å². The zero-order chi connectivity index (χ0) is 23.8. The first kappa shape index (κ1) is 25.4. The molecule has 1 fully saturated rings. The molecule has 0 aliphatic heterocycles. The fourth-order valence-corrected chi connectivity index (χ4v) is 4.63. The number of rotatable bonds is 9. The molecule has 2 aromatic carbocycles. The van der Waals surface area contributed by atoms with Crippen LogP contribution in [-0.2, 0) is 16.1 Å². The molecule has 1 aliphatic carbocycles. The number of carbonyl (C=O) groups is 2. The molecular weight excluding hydrogens is 459 g/mol. The maximum Gasteiger partial charge on any atom is 0.261 e.